The predicted molar refractivity (Wildman–Crippen MR) is 273 cm³/mol. The molecule has 2 heterocycles. The number of ether oxygens (including phenoxy) is 1. The highest BCUT2D eigenvalue weighted by Gasteiger charge is 2.47. The molecule has 0 fully saturated rings. The molecule has 2 aliphatic rings. The second-order valence-corrected chi connectivity index (χ2v) is 17.4. The van der Waals surface area contributed by atoms with Crippen LogP contribution in [-0.4, -0.2) is 0 Å². The molecule has 1 aromatic heterocycles. The van der Waals surface area contributed by atoms with Gasteiger partial charge < -0.3 is 14.1 Å². The summed E-state index contributed by atoms with van der Waals surface area (Å²) in [6.07, 6.45) is 6.58. The summed E-state index contributed by atoms with van der Waals surface area (Å²) in [5.41, 5.74) is 15.8. The Morgan fingerprint density at radius 3 is 2.03 bits per heavy atom. The summed E-state index contributed by atoms with van der Waals surface area (Å²) in [5, 5.41) is 4.42. The van der Waals surface area contributed by atoms with E-state index in [0.717, 1.165) is 102 Å². The zero-order valence-electron chi connectivity index (χ0n) is 36.2. The molecule has 0 radical (unpaired) electrons. The van der Waals surface area contributed by atoms with Gasteiger partial charge in [-0.2, -0.15) is 0 Å². The Hall–Kier alpha value is -8.40. The summed E-state index contributed by atoms with van der Waals surface area (Å²) in [7, 11) is 0. The summed E-state index contributed by atoms with van der Waals surface area (Å²) in [6, 6.07) is 81.3. The van der Waals surface area contributed by atoms with Crippen LogP contribution in [0, 0.1) is 0 Å². The summed E-state index contributed by atoms with van der Waals surface area (Å²) in [4.78, 5) is 2.43. The number of anilines is 3. The zero-order chi connectivity index (χ0) is 43.6. The Kier molecular flexibility index (Phi) is 8.89. The monoisotopic (exact) mass is 845 g/mol. The zero-order valence-corrected chi connectivity index (χ0v) is 36.2. The third kappa shape index (κ3) is 5.90. The quantitative estimate of drug-likeness (QED) is 0.160. The van der Waals surface area contributed by atoms with Gasteiger partial charge in [0.05, 0.1) is 22.2 Å². The molecule has 1 aliphatic heterocycles. The van der Waals surface area contributed by atoms with E-state index in [9.17, 15) is 0 Å². The smallest absolute Gasteiger partial charge is 0.140 e. The Morgan fingerprint density at radius 1 is 0.455 bits per heavy atom. The highest BCUT2D eigenvalue weighted by molar-refractivity contribution is 6.14. The second kappa shape index (κ2) is 15.4. The van der Waals surface area contributed by atoms with Crippen molar-refractivity contribution in [2.75, 3.05) is 4.90 Å². The Bertz CT molecular complexity index is 3700. The number of hydrogen-bond donors (Lipinski definition) is 0. The summed E-state index contributed by atoms with van der Waals surface area (Å²) < 4.78 is 13.8. The van der Waals surface area contributed by atoms with Crippen molar-refractivity contribution in [3.63, 3.8) is 0 Å². The highest BCUT2D eigenvalue weighted by Crippen LogP contribution is 2.59. The van der Waals surface area contributed by atoms with E-state index in [2.05, 4.69) is 235 Å². The standard InChI is InChI=1S/C63H43NO2/c1-3-18-42(19-4-1)45-22-16-27-49(41-45)64(57-33-17-35-59-60(57)53-31-12-14-34-58(53)65-59)56-32-13-11-28-50(56)46-23-15-26-48(40-46)63(47-24-5-2-6-25-47)54-38-36-43-20-7-9-29-51(43)61(54)66-62-52-30-10-8-21-44(52)37-39-55(62)63/h1-7,9-20,22-41H,8,21H2. The Balaban J connectivity index is 1.08. The Morgan fingerprint density at radius 2 is 1.12 bits per heavy atom. The van der Waals surface area contributed by atoms with E-state index < -0.39 is 5.41 Å². The van der Waals surface area contributed by atoms with E-state index in [4.69, 9.17) is 9.15 Å². The van der Waals surface area contributed by atoms with Gasteiger partial charge in [-0.15, -0.1) is 0 Å². The molecule has 312 valence electrons. The maximum atomic E-state index is 7.29. The molecule has 0 saturated heterocycles. The van der Waals surface area contributed by atoms with Crippen LogP contribution >= 0.6 is 0 Å². The van der Waals surface area contributed by atoms with Gasteiger partial charge in [-0.25, -0.2) is 0 Å². The molecule has 3 nitrogen and oxygen atoms in total. The van der Waals surface area contributed by atoms with Gasteiger partial charge in [0.15, 0.2) is 0 Å². The van der Waals surface area contributed by atoms with E-state index in [1.807, 2.05) is 6.07 Å². The fourth-order valence-electron chi connectivity index (χ4n) is 10.9. The molecular formula is C63H43NO2. The topological polar surface area (TPSA) is 25.6 Å². The second-order valence-electron chi connectivity index (χ2n) is 17.4. The number of benzene rings is 10. The average molecular weight is 846 g/mol. The van der Waals surface area contributed by atoms with Gasteiger partial charge in [0.25, 0.3) is 0 Å². The highest BCUT2D eigenvalue weighted by atomic mass is 16.5. The van der Waals surface area contributed by atoms with E-state index in [1.165, 1.54) is 27.8 Å². The van der Waals surface area contributed by atoms with Crippen LogP contribution in [-0.2, 0) is 11.8 Å². The molecule has 1 unspecified atom stereocenters. The lowest BCUT2D eigenvalue weighted by Gasteiger charge is -2.43. The molecule has 10 aromatic carbocycles. The lowest BCUT2D eigenvalue weighted by molar-refractivity contribution is 0.438. The molecule has 1 aliphatic carbocycles. The molecular weight excluding hydrogens is 803 g/mol. The minimum Gasteiger partial charge on any atom is -0.456 e. The molecule has 11 aromatic rings. The predicted octanol–water partition coefficient (Wildman–Crippen LogP) is 17.0. The summed E-state index contributed by atoms with van der Waals surface area (Å²) in [6.45, 7) is 0. The van der Waals surface area contributed by atoms with Crippen LogP contribution in [0.25, 0.3) is 61.0 Å². The number of para-hydroxylation sites is 2. The lowest BCUT2D eigenvalue weighted by Crippen LogP contribution is -2.34. The maximum absolute atomic E-state index is 7.29. The number of aryl methyl sites for hydroxylation is 1. The van der Waals surface area contributed by atoms with E-state index >= 15 is 0 Å². The van der Waals surface area contributed by atoms with Crippen LogP contribution in [0.15, 0.2) is 235 Å². The molecule has 0 amide bonds. The van der Waals surface area contributed by atoms with Crippen molar-refractivity contribution in [2.45, 2.75) is 18.3 Å². The van der Waals surface area contributed by atoms with Crippen LogP contribution in [0.2, 0.25) is 0 Å². The van der Waals surface area contributed by atoms with Crippen LogP contribution in [0.3, 0.4) is 0 Å². The van der Waals surface area contributed by atoms with Crippen molar-refractivity contribution in [1.29, 1.82) is 0 Å². The SMILES string of the molecule is C1=Cc2c(ccc3c2Oc2c(ccc4ccccc24)C3(c2ccccc2)c2cccc(-c3ccccc3N(c3cccc(-c4ccccc4)c3)c3cccc4oc5ccccc5c34)c2)CC1. The summed E-state index contributed by atoms with van der Waals surface area (Å²) in [5.74, 6) is 1.85. The fourth-order valence-corrected chi connectivity index (χ4v) is 10.9. The largest absolute Gasteiger partial charge is 0.456 e. The third-order valence-corrected chi connectivity index (χ3v) is 13.8. The first-order valence-electron chi connectivity index (χ1n) is 22.9. The van der Waals surface area contributed by atoms with Crippen LogP contribution in [0.1, 0.15) is 39.8 Å². The van der Waals surface area contributed by atoms with Gasteiger partial charge in [-0.1, -0.05) is 194 Å². The number of allylic oxidation sites excluding steroid dienone is 1. The van der Waals surface area contributed by atoms with Gasteiger partial charge in [0.1, 0.15) is 22.7 Å². The number of furan rings is 1. The van der Waals surface area contributed by atoms with Gasteiger partial charge in [-0.05, 0) is 94.1 Å². The van der Waals surface area contributed by atoms with Gasteiger partial charge in [0.2, 0.25) is 0 Å². The Labute approximate surface area is 384 Å². The normalized spacial score (nSPS) is 15.0. The first kappa shape index (κ1) is 38.1. The molecule has 13 rings (SSSR count). The molecule has 0 N–H and O–H groups in total. The van der Waals surface area contributed by atoms with Crippen molar-refractivity contribution in [3.05, 3.63) is 264 Å². The first-order valence-corrected chi connectivity index (χ1v) is 22.9. The van der Waals surface area contributed by atoms with E-state index in [-0.39, 0.29) is 0 Å². The van der Waals surface area contributed by atoms with Crippen molar-refractivity contribution < 1.29 is 9.15 Å². The molecule has 0 spiro atoms. The van der Waals surface area contributed by atoms with Gasteiger partial charge in [-0.3, -0.25) is 0 Å². The molecule has 0 bridgehead atoms. The molecule has 3 heteroatoms. The fraction of sp³-hybridized carbons (Fsp3) is 0.0476. The van der Waals surface area contributed by atoms with Crippen LogP contribution < -0.4 is 9.64 Å². The average Bonchev–Trinajstić information content (AvgIpc) is 3.78. The number of fused-ring (bicyclic) bond motifs is 9. The van der Waals surface area contributed by atoms with Gasteiger partial charge >= 0.3 is 0 Å². The van der Waals surface area contributed by atoms with Crippen LogP contribution in [0.5, 0.6) is 11.5 Å². The van der Waals surface area contributed by atoms with Crippen molar-refractivity contribution in [3.8, 4) is 33.8 Å². The van der Waals surface area contributed by atoms with Gasteiger partial charge in [0, 0.05) is 38.7 Å². The maximum Gasteiger partial charge on any atom is 0.140 e. The third-order valence-electron chi connectivity index (χ3n) is 13.8. The summed E-state index contributed by atoms with van der Waals surface area (Å²) >= 11 is 0. The lowest BCUT2D eigenvalue weighted by atomic mass is 9.62. The van der Waals surface area contributed by atoms with Crippen molar-refractivity contribution in [1.82, 2.24) is 0 Å². The minimum absolute atomic E-state index is 0.718. The number of hydrogen-bond acceptors (Lipinski definition) is 3. The first-order chi connectivity index (χ1) is 32.7. The van der Waals surface area contributed by atoms with Crippen molar-refractivity contribution >= 4 is 55.8 Å². The van der Waals surface area contributed by atoms with E-state index in [1.54, 1.807) is 0 Å². The van der Waals surface area contributed by atoms with E-state index in [0.29, 0.717) is 0 Å². The molecule has 1 atom stereocenters. The number of rotatable bonds is 7. The minimum atomic E-state index is -0.718. The van der Waals surface area contributed by atoms with Crippen molar-refractivity contribution in [2.24, 2.45) is 0 Å². The molecule has 66 heavy (non-hydrogen) atoms. The number of nitrogens with zero attached hydrogens (tertiary/aromatic N) is 1. The molecule has 0 saturated carbocycles. The van der Waals surface area contributed by atoms with Crippen LogP contribution in [0.4, 0.5) is 17.1 Å².